The van der Waals surface area contributed by atoms with Crippen molar-refractivity contribution in [3.63, 3.8) is 0 Å². The first-order valence-corrected chi connectivity index (χ1v) is 5.91. The third kappa shape index (κ3) is 4.53. The Balaban J connectivity index is 2.30. The summed E-state index contributed by atoms with van der Waals surface area (Å²) in [6, 6.07) is 0.380. The average molecular weight is 219 g/mol. The Bertz CT molecular complexity index is 284. The maximum absolute atomic E-state index is 4.05. The molecule has 3 heteroatoms. The molecule has 0 aliphatic rings. The second-order valence-electron chi connectivity index (χ2n) is 3.94. The fraction of sp³-hybridized carbons (Fsp3) is 0.538. The molecule has 1 rings (SSSR count). The van der Waals surface area contributed by atoms with Crippen molar-refractivity contribution in [2.75, 3.05) is 7.05 Å². The maximum atomic E-state index is 4.05. The first-order chi connectivity index (χ1) is 7.88. The number of nitrogens with one attached hydrogen (secondary N) is 1. The van der Waals surface area contributed by atoms with E-state index in [1.54, 1.807) is 6.33 Å². The Hall–Kier alpha value is -1.22. The molecule has 0 amide bonds. The Morgan fingerprint density at radius 3 is 2.69 bits per heavy atom. The van der Waals surface area contributed by atoms with Crippen molar-refractivity contribution < 1.29 is 0 Å². The second kappa shape index (κ2) is 7.99. The molecule has 0 saturated heterocycles. The first kappa shape index (κ1) is 12.8. The summed E-state index contributed by atoms with van der Waals surface area (Å²) in [5, 5.41) is 3.31. The van der Waals surface area contributed by atoms with E-state index in [9.17, 15) is 0 Å². The van der Waals surface area contributed by atoms with Crippen molar-refractivity contribution in [1.82, 2.24) is 15.3 Å². The summed E-state index contributed by atoms with van der Waals surface area (Å²) in [5.74, 6) is 0. The van der Waals surface area contributed by atoms with E-state index in [-0.39, 0.29) is 0 Å². The molecular formula is C13H21N3. The van der Waals surface area contributed by atoms with Crippen LogP contribution in [-0.2, 0) is 0 Å². The molecule has 1 unspecified atom stereocenters. The van der Waals surface area contributed by atoms with E-state index < -0.39 is 0 Å². The standard InChI is InChI=1S/C13H21N3/c1-3-4-5-6-7-8-13(14-2)12-9-15-11-16-10-12/h3,9-11,13-14H,1,4-8H2,2H3. The molecule has 0 saturated carbocycles. The van der Waals surface area contributed by atoms with E-state index in [4.69, 9.17) is 0 Å². The number of hydrogen-bond acceptors (Lipinski definition) is 3. The quantitative estimate of drug-likeness (QED) is 0.539. The molecule has 1 atom stereocenters. The van der Waals surface area contributed by atoms with Crippen LogP contribution in [0.15, 0.2) is 31.4 Å². The van der Waals surface area contributed by atoms with Crippen molar-refractivity contribution in [3.8, 4) is 0 Å². The van der Waals surface area contributed by atoms with Crippen LogP contribution in [0.1, 0.15) is 43.7 Å². The van der Waals surface area contributed by atoms with Crippen LogP contribution >= 0.6 is 0 Å². The highest BCUT2D eigenvalue weighted by Gasteiger charge is 2.08. The third-order valence-electron chi connectivity index (χ3n) is 2.73. The lowest BCUT2D eigenvalue weighted by Crippen LogP contribution is -2.16. The molecule has 16 heavy (non-hydrogen) atoms. The second-order valence-corrected chi connectivity index (χ2v) is 3.94. The van der Waals surface area contributed by atoms with Gasteiger partial charge in [0.1, 0.15) is 6.33 Å². The highest BCUT2D eigenvalue weighted by atomic mass is 14.9. The lowest BCUT2D eigenvalue weighted by Gasteiger charge is -2.15. The van der Waals surface area contributed by atoms with Crippen LogP contribution in [0.3, 0.4) is 0 Å². The number of hydrogen-bond donors (Lipinski definition) is 1. The van der Waals surface area contributed by atoms with Crippen LogP contribution in [-0.4, -0.2) is 17.0 Å². The predicted molar refractivity (Wildman–Crippen MR) is 67.1 cm³/mol. The van der Waals surface area contributed by atoms with Gasteiger partial charge in [0.25, 0.3) is 0 Å². The van der Waals surface area contributed by atoms with Crippen LogP contribution in [0.25, 0.3) is 0 Å². The van der Waals surface area contributed by atoms with E-state index in [1.165, 1.54) is 24.8 Å². The van der Waals surface area contributed by atoms with Crippen LogP contribution < -0.4 is 5.32 Å². The van der Waals surface area contributed by atoms with Gasteiger partial charge >= 0.3 is 0 Å². The summed E-state index contributed by atoms with van der Waals surface area (Å²) < 4.78 is 0. The van der Waals surface area contributed by atoms with Gasteiger partial charge in [-0.3, -0.25) is 0 Å². The number of nitrogens with zero attached hydrogens (tertiary/aromatic N) is 2. The molecule has 0 radical (unpaired) electrons. The molecule has 3 nitrogen and oxygen atoms in total. The van der Waals surface area contributed by atoms with Crippen LogP contribution in [0.5, 0.6) is 0 Å². The summed E-state index contributed by atoms with van der Waals surface area (Å²) in [5.41, 5.74) is 1.17. The lowest BCUT2D eigenvalue weighted by molar-refractivity contribution is 0.505. The summed E-state index contributed by atoms with van der Waals surface area (Å²) in [6.07, 6.45) is 13.3. The average Bonchev–Trinajstić information content (AvgIpc) is 2.35. The minimum absolute atomic E-state index is 0.380. The minimum atomic E-state index is 0.380. The van der Waals surface area contributed by atoms with Gasteiger partial charge in [0.15, 0.2) is 0 Å². The molecule has 1 aromatic heterocycles. The lowest BCUT2D eigenvalue weighted by atomic mass is 10.0. The monoisotopic (exact) mass is 219 g/mol. The van der Waals surface area contributed by atoms with E-state index in [0.717, 1.165) is 12.8 Å². The molecular weight excluding hydrogens is 198 g/mol. The van der Waals surface area contributed by atoms with E-state index in [2.05, 4.69) is 21.9 Å². The fourth-order valence-corrected chi connectivity index (χ4v) is 1.78. The Morgan fingerprint density at radius 2 is 2.06 bits per heavy atom. The molecule has 0 aliphatic carbocycles. The van der Waals surface area contributed by atoms with Crippen LogP contribution in [0, 0.1) is 0 Å². The molecule has 0 aliphatic heterocycles. The topological polar surface area (TPSA) is 37.8 Å². The Labute approximate surface area is 98.0 Å². The first-order valence-electron chi connectivity index (χ1n) is 5.91. The number of unbranched alkanes of at least 4 members (excludes halogenated alkanes) is 3. The van der Waals surface area contributed by atoms with Crippen molar-refractivity contribution in [2.45, 2.75) is 38.1 Å². The number of allylic oxidation sites excluding steroid dienone is 1. The molecule has 0 bridgehead atoms. The zero-order valence-corrected chi connectivity index (χ0v) is 10.0. The fourth-order valence-electron chi connectivity index (χ4n) is 1.78. The Kier molecular flexibility index (Phi) is 6.42. The van der Waals surface area contributed by atoms with Crippen LogP contribution in [0.2, 0.25) is 0 Å². The molecule has 1 heterocycles. The molecule has 0 fully saturated rings. The van der Waals surface area contributed by atoms with Gasteiger partial charge < -0.3 is 5.32 Å². The molecule has 1 aromatic rings. The highest BCUT2D eigenvalue weighted by molar-refractivity contribution is 5.08. The van der Waals surface area contributed by atoms with Gasteiger partial charge in [-0.05, 0) is 26.3 Å². The van der Waals surface area contributed by atoms with Crippen LogP contribution in [0.4, 0.5) is 0 Å². The maximum Gasteiger partial charge on any atom is 0.115 e. The molecule has 88 valence electrons. The van der Waals surface area contributed by atoms with Gasteiger partial charge in [0, 0.05) is 24.0 Å². The largest absolute Gasteiger partial charge is 0.313 e. The zero-order valence-electron chi connectivity index (χ0n) is 10.0. The van der Waals surface area contributed by atoms with Crippen molar-refractivity contribution >= 4 is 0 Å². The van der Waals surface area contributed by atoms with Crippen molar-refractivity contribution in [3.05, 3.63) is 36.9 Å². The number of aromatic nitrogens is 2. The third-order valence-corrected chi connectivity index (χ3v) is 2.73. The van der Waals surface area contributed by atoms with Gasteiger partial charge in [0.05, 0.1) is 0 Å². The van der Waals surface area contributed by atoms with Gasteiger partial charge in [-0.15, -0.1) is 6.58 Å². The SMILES string of the molecule is C=CCCCCCC(NC)c1cncnc1. The van der Waals surface area contributed by atoms with Gasteiger partial charge in [-0.2, -0.15) is 0 Å². The molecule has 0 aromatic carbocycles. The summed E-state index contributed by atoms with van der Waals surface area (Å²) in [7, 11) is 1.99. The summed E-state index contributed by atoms with van der Waals surface area (Å²) in [6.45, 7) is 3.73. The summed E-state index contributed by atoms with van der Waals surface area (Å²) >= 11 is 0. The van der Waals surface area contributed by atoms with Crippen molar-refractivity contribution in [2.24, 2.45) is 0 Å². The molecule has 0 spiro atoms. The van der Waals surface area contributed by atoms with Gasteiger partial charge in [-0.25, -0.2) is 9.97 Å². The predicted octanol–water partition coefficient (Wildman–Crippen LogP) is 2.87. The van der Waals surface area contributed by atoms with E-state index in [0.29, 0.717) is 6.04 Å². The van der Waals surface area contributed by atoms with Gasteiger partial charge in [-0.1, -0.05) is 18.9 Å². The minimum Gasteiger partial charge on any atom is -0.313 e. The normalized spacial score (nSPS) is 12.3. The smallest absolute Gasteiger partial charge is 0.115 e. The molecule has 1 N–H and O–H groups in total. The Morgan fingerprint density at radius 1 is 1.31 bits per heavy atom. The summed E-state index contributed by atoms with van der Waals surface area (Å²) in [4.78, 5) is 8.09. The van der Waals surface area contributed by atoms with E-state index >= 15 is 0 Å². The van der Waals surface area contributed by atoms with Gasteiger partial charge in [0.2, 0.25) is 0 Å². The van der Waals surface area contributed by atoms with E-state index in [1.807, 2.05) is 25.5 Å². The van der Waals surface area contributed by atoms with Crippen molar-refractivity contribution in [1.29, 1.82) is 0 Å². The zero-order chi connectivity index (χ0) is 11.6. The number of rotatable bonds is 8. The highest BCUT2D eigenvalue weighted by Crippen LogP contribution is 2.18.